The molecule has 0 aliphatic carbocycles. The third kappa shape index (κ3) is 4.29. The molecule has 1 atom stereocenters. The molecule has 0 spiro atoms. The van der Waals surface area contributed by atoms with E-state index in [1.165, 1.54) is 6.07 Å². The molecule has 2 rings (SSSR count). The van der Waals surface area contributed by atoms with Crippen molar-refractivity contribution in [3.8, 4) is 0 Å². The van der Waals surface area contributed by atoms with E-state index < -0.39 is 4.92 Å². The first-order valence-corrected chi connectivity index (χ1v) is 7.33. The lowest BCUT2D eigenvalue weighted by Crippen LogP contribution is -2.32. The highest BCUT2D eigenvalue weighted by Gasteiger charge is 2.15. The van der Waals surface area contributed by atoms with E-state index in [2.05, 4.69) is 10.6 Å². The fraction of sp³-hybridized carbons (Fsp3) is 0.235. The summed E-state index contributed by atoms with van der Waals surface area (Å²) in [6.45, 7) is 4.11. The molecular weight excluding hydrogens is 294 g/mol. The first-order valence-electron chi connectivity index (χ1n) is 7.33. The van der Waals surface area contributed by atoms with Gasteiger partial charge in [-0.25, -0.2) is 4.79 Å². The van der Waals surface area contributed by atoms with Crippen molar-refractivity contribution < 1.29 is 9.72 Å². The second-order valence-electron chi connectivity index (χ2n) is 5.35. The van der Waals surface area contributed by atoms with Crippen LogP contribution in [0.25, 0.3) is 0 Å². The van der Waals surface area contributed by atoms with E-state index in [0.717, 1.165) is 5.56 Å². The number of rotatable bonds is 5. The van der Waals surface area contributed by atoms with Gasteiger partial charge in [-0.3, -0.25) is 10.1 Å². The van der Waals surface area contributed by atoms with Crippen molar-refractivity contribution in [2.45, 2.75) is 19.8 Å². The van der Waals surface area contributed by atoms with Crippen LogP contribution in [0.4, 0.5) is 16.2 Å². The highest BCUT2D eigenvalue weighted by molar-refractivity contribution is 5.90. The predicted molar refractivity (Wildman–Crippen MR) is 89.7 cm³/mol. The average Bonchev–Trinajstić information content (AvgIpc) is 2.55. The lowest BCUT2D eigenvalue weighted by molar-refractivity contribution is -0.385. The number of hydrogen-bond acceptors (Lipinski definition) is 3. The van der Waals surface area contributed by atoms with Gasteiger partial charge in [0.15, 0.2) is 0 Å². The van der Waals surface area contributed by atoms with Crippen molar-refractivity contribution in [3.63, 3.8) is 0 Å². The molecule has 2 N–H and O–H groups in total. The highest BCUT2D eigenvalue weighted by Crippen LogP contribution is 2.24. The Hall–Kier alpha value is -2.89. The number of urea groups is 1. The molecule has 2 amide bonds. The van der Waals surface area contributed by atoms with Crippen molar-refractivity contribution in [3.05, 3.63) is 69.8 Å². The molecule has 0 aliphatic rings. The molecule has 6 nitrogen and oxygen atoms in total. The molecule has 0 aliphatic heterocycles. The maximum atomic E-state index is 12.0. The third-order valence-electron chi connectivity index (χ3n) is 3.69. The van der Waals surface area contributed by atoms with Crippen molar-refractivity contribution in [1.82, 2.24) is 5.32 Å². The van der Waals surface area contributed by atoms with E-state index in [0.29, 0.717) is 17.8 Å². The van der Waals surface area contributed by atoms with Gasteiger partial charge < -0.3 is 10.6 Å². The Morgan fingerprint density at radius 3 is 2.52 bits per heavy atom. The molecule has 6 heteroatoms. The largest absolute Gasteiger partial charge is 0.337 e. The second-order valence-corrected chi connectivity index (χ2v) is 5.35. The molecule has 0 heterocycles. The minimum absolute atomic E-state index is 0.0135. The molecule has 0 bridgehead atoms. The summed E-state index contributed by atoms with van der Waals surface area (Å²) in [5.41, 5.74) is 1.99. The molecule has 2 aromatic carbocycles. The summed E-state index contributed by atoms with van der Waals surface area (Å²) >= 11 is 0. The van der Waals surface area contributed by atoms with E-state index in [1.807, 2.05) is 37.3 Å². The van der Waals surface area contributed by atoms with E-state index in [4.69, 9.17) is 0 Å². The lowest BCUT2D eigenvalue weighted by atomic mass is 10.0. The summed E-state index contributed by atoms with van der Waals surface area (Å²) in [6.07, 6.45) is 0. The van der Waals surface area contributed by atoms with Gasteiger partial charge in [0.05, 0.1) is 16.2 Å². The van der Waals surface area contributed by atoms with Crippen molar-refractivity contribution >= 4 is 17.4 Å². The minimum Gasteiger partial charge on any atom is -0.337 e. The number of nitro groups is 1. The van der Waals surface area contributed by atoms with Gasteiger partial charge in [0, 0.05) is 12.6 Å². The fourth-order valence-electron chi connectivity index (χ4n) is 2.27. The number of nitro benzene ring substituents is 1. The lowest BCUT2D eigenvalue weighted by Gasteiger charge is -2.14. The quantitative estimate of drug-likeness (QED) is 0.650. The smallest absolute Gasteiger partial charge is 0.319 e. The normalized spacial score (nSPS) is 11.6. The van der Waals surface area contributed by atoms with Gasteiger partial charge in [0.2, 0.25) is 0 Å². The molecule has 0 fully saturated rings. The van der Waals surface area contributed by atoms with Crippen LogP contribution < -0.4 is 10.6 Å². The van der Waals surface area contributed by atoms with Crippen LogP contribution in [0.3, 0.4) is 0 Å². The average molecular weight is 313 g/mol. The number of anilines is 1. The van der Waals surface area contributed by atoms with Gasteiger partial charge >= 0.3 is 6.03 Å². The SMILES string of the molecule is Cc1c(NC(=O)NCC(C)c2ccccc2)cccc1[N+](=O)[O-]. The second kappa shape index (κ2) is 7.40. The maximum absolute atomic E-state index is 12.0. The van der Waals surface area contributed by atoms with Crippen LogP contribution in [0.15, 0.2) is 48.5 Å². The zero-order valence-corrected chi connectivity index (χ0v) is 13.1. The topological polar surface area (TPSA) is 84.3 Å². The number of hydrogen-bond donors (Lipinski definition) is 2. The van der Waals surface area contributed by atoms with Crippen molar-refractivity contribution in [2.75, 3.05) is 11.9 Å². The highest BCUT2D eigenvalue weighted by atomic mass is 16.6. The third-order valence-corrected chi connectivity index (χ3v) is 3.69. The van der Waals surface area contributed by atoms with Crippen LogP contribution in [0, 0.1) is 17.0 Å². The molecule has 120 valence electrons. The number of nitrogens with zero attached hydrogens (tertiary/aromatic N) is 1. The Bertz CT molecular complexity index is 701. The van der Waals surface area contributed by atoms with Crippen LogP contribution in [-0.4, -0.2) is 17.5 Å². The Kier molecular flexibility index (Phi) is 5.30. The first kappa shape index (κ1) is 16.5. The van der Waals surface area contributed by atoms with E-state index >= 15 is 0 Å². The summed E-state index contributed by atoms with van der Waals surface area (Å²) in [6, 6.07) is 14.1. The first-order chi connectivity index (χ1) is 11.0. The van der Waals surface area contributed by atoms with Gasteiger partial charge in [-0.1, -0.05) is 43.3 Å². The van der Waals surface area contributed by atoms with Gasteiger partial charge in [-0.05, 0) is 24.5 Å². The Balaban J connectivity index is 1.95. The summed E-state index contributed by atoms with van der Waals surface area (Å²) in [5.74, 6) is 0.174. The summed E-state index contributed by atoms with van der Waals surface area (Å²) < 4.78 is 0. The Labute approximate surface area is 134 Å². The summed E-state index contributed by atoms with van der Waals surface area (Å²) in [4.78, 5) is 22.4. The maximum Gasteiger partial charge on any atom is 0.319 e. The van der Waals surface area contributed by atoms with E-state index in [1.54, 1.807) is 19.1 Å². The van der Waals surface area contributed by atoms with Gasteiger partial charge in [0.25, 0.3) is 5.69 Å². The van der Waals surface area contributed by atoms with Crippen molar-refractivity contribution in [1.29, 1.82) is 0 Å². The number of carbonyl (C=O) groups excluding carboxylic acids is 1. The van der Waals surface area contributed by atoms with Crippen LogP contribution in [-0.2, 0) is 0 Å². The predicted octanol–water partition coefficient (Wildman–Crippen LogP) is 3.83. The van der Waals surface area contributed by atoms with Crippen LogP contribution in [0.2, 0.25) is 0 Å². The fourth-order valence-corrected chi connectivity index (χ4v) is 2.27. The van der Waals surface area contributed by atoms with E-state index in [9.17, 15) is 14.9 Å². The van der Waals surface area contributed by atoms with Gasteiger partial charge in [-0.2, -0.15) is 0 Å². The standard InChI is InChI=1S/C17H19N3O3/c1-12(14-7-4-3-5-8-14)11-18-17(21)19-15-9-6-10-16(13(15)2)20(22)23/h3-10,12H,11H2,1-2H3,(H2,18,19,21). The van der Waals surface area contributed by atoms with E-state index in [-0.39, 0.29) is 17.6 Å². The number of benzene rings is 2. The Morgan fingerprint density at radius 2 is 1.87 bits per heavy atom. The molecular formula is C17H19N3O3. The van der Waals surface area contributed by atoms with Gasteiger partial charge in [-0.15, -0.1) is 0 Å². The van der Waals surface area contributed by atoms with Crippen LogP contribution in [0.1, 0.15) is 24.0 Å². The molecule has 0 saturated carbocycles. The molecule has 0 radical (unpaired) electrons. The van der Waals surface area contributed by atoms with Crippen LogP contribution >= 0.6 is 0 Å². The number of nitrogens with one attached hydrogen (secondary N) is 2. The number of amides is 2. The van der Waals surface area contributed by atoms with Gasteiger partial charge in [0.1, 0.15) is 0 Å². The molecule has 1 unspecified atom stereocenters. The molecule has 0 aromatic heterocycles. The molecule has 23 heavy (non-hydrogen) atoms. The zero-order chi connectivity index (χ0) is 16.8. The summed E-state index contributed by atoms with van der Waals surface area (Å²) in [7, 11) is 0. The minimum atomic E-state index is -0.462. The monoisotopic (exact) mass is 313 g/mol. The number of carbonyl (C=O) groups is 1. The Morgan fingerprint density at radius 1 is 1.17 bits per heavy atom. The van der Waals surface area contributed by atoms with Crippen molar-refractivity contribution in [2.24, 2.45) is 0 Å². The molecule has 0 saturated heterocycles. The summed E-state index contributed by atoms with van der Waals surface area (Å²) in [5, 5.41) is 16.4. The zero-order valence-electron chi connectivity index (χ0n) is 13.1. The van der Waals surface area contributed by atoms with Crippen LogP contribution in [0.5, 0.6) is 0 Å². The molecule has 2 aromatic rings.